The summed E-state index contributed by atoms with van der Waals surface area (Å²) in [6.07, 6.45) is 1.56. The molecule has 0 spiro atoms. The fraction of sp³-hybridized carbons (Fsp3) is 0.0909. The SMILES string of the molecule is O=C1S/C(=C\c2ccc(-c3ccc(Cl)cc3)o2)C(=O)N1Cc1cc2c(cc1Cl)OCO2. The summed E-state index contributed by atoms with van der Waals surface area (Å²) >= 11 is 13.1. The fourth-order valence-corrected chi connectivity index (χ4v) is 4.37. The molecule has 0 atom stereocenters. The van der Waals surface area contributed by atoms with Gasteiger partial charge < -0.3 is 13.9 Å². The van der Waals surface area contributed by atoms with E-state index in [9.17, 15) is 9.59 Å². The predicted molar refractivity (Wildman–Crippen MR) is 118 cm³/mol. The van der Waals surface area contributed by atoms with Crippen molar-refractivity contribution in [2.45, 2.75) is 6.54 Å². The molecule has 31 heavy (non-hydrogen) atoms. The first-order chi connectivity index (χ1) is 15.0. The molecule has 0 radical (unpaired) electrons. The van der Waals surface area contributed by atoms with E-state index in [1.165, 1.54) is 0 Å². The summed E-state index contributed by atoms with van der Waals surface area (Å²) in [4.78, 5) is 26.7. The molecule has 0 saturated carbocycles. The summed E-state index contributed by atoms with van der Waals surface area (Å²) in [6.45, 7) is 0.145. The minimum Gasteiger partial charge on any atom is -0.457 e. The van der Waals surface area contributed by atoms with Crippen molar-refractivity contribution < 1.29 is 23.5 Å². The fourth-order valence-electron chi connectivity index (χ4n) is 3.22. The van der Waals surface area contributed by atoms with Crippen LogP contribution in [0.5, 0.6) is 11.5 Å². The van der Waals surface area contributed by atoms with E-state index in [4.69, 9.17) is 37.1 Å². The second-order valence-electron chi connectivity index (χ2n) is 6.77. The molecule has 5 rings (SSSR count). The molecular weight excluding hydrogens is 461 g/mol. The van der Waals surface area contributed by atoms with Gasteiger partial charge >= 0.3 is 0 Å². The lowest BCUT2D eigenvalue weighted by atomic mass is 10.2. The van der Waals surface area contributed by atoms with Gasteiger partial charge in [0.05, 0.1) is 11.4 Å². The summed E-state index contributed by atoms with van der Waals surface area (Å²) in [7, 11) is 0. The number of carbonyl (C=O) groups is 2. The summed E-state index contributed by atoms with van der Waals surface area (Å²) in [5.74, 6) is 1.77. The lowest BCUT2D eigenvalue weighted by molar-refractivity contribution is -0.123. The maximum absolute atomic E-state index is 12.8. The van der Waals surface area contributed by atoms with Crippen molar-refractivity contribution >= 4 is 52.2 Å². The van der Waals surface area contributed by atoms with E-state index in [0.29, 0.717) is 38.6 Å². The predicted octanol–water partition coefficient (Wildman–Crippen LogP) is 6.22. The third-order valence-electron chi connectivity index (χ3n) is 4.77. The Morgan fingerprint density at radius 2 is 1.74 bits per heavy atom. The molecule has 9 heteroatoms. The first-order valence-electron chi connectivity index (χ1n) is 9.17. The van der Waals surface area contributed by atoms with Gasteiger partial charge in [-0.2, -0.15) is 0 Å². The number of hydrogen-bond acceptors (Lipinski definition) is 6. The van der Waals surface area contributed by atoms with Gasteiger partial charge in [-0.05, 0) is 59.8 Å². The highest BCUT2D eigenvalue weighted by atomic mass is 35.5. The smallest absolute Gasteiger partial charge is 0.293 e. The number of halogens is 2. The molecule has 6 nitrogen and oxygen atoms in total. The Morgan fingerprint density at radius 1 is 1.00 bits per heavy atom. The van der Waals surface area contributed by atoms with Crippen molar-refractivity contribution in [1.82, 2.24) is 4.90 Å². The Hall–Kier alpha value is -2.87. The van der Waals surface area contributed by atoms with Gasteiger partial charge in [0.2, 0.25) is 6.79 Å². The molecular formula is C22H13Cl2NO5S. The standard InChI is InChI=1S/C22H13Cl2NO5S/c23-14-3-1-12(2-4-14)17-6-5-15(30-17)8-20-21(26)25(22(27)31-20)10-13-7-18-19(9-16(13)24)29-11-28-18/h1-9H,10-11H2/b20-8-. The van der Waals surface area contributed by atoms with Gasteiger partial charge in [0.25, 0.3) is 11.1 Å². The Bertz CT molecular complexity index is 1240. The normalized spacial score (nSPS) is 16.6. The molecule has 0 N–H and O–H groups in total. The lowest BCUT2D eigenvalue weighted by Crippen LogP contribution is -2.27. The van der Waals surface area contributed by atoms with Crippen molar-refractivity contribution in [3.05, 3.63) is 74.8 Å². The van der Waals surface area contributed by atoms with Gasteiger partial charge in [-0.3, -0.25) is 14.5 Å². The monoisotopic (exact) mass is 473 g/mol. The minimum atomic E-state index is -0.409. The number of hydrogen-bond donors (Lipinski definition) is 0. The largest absolute Gasteiger partial charge is 0.457 e. The molecule has 1 fully saturated rings. The Kier molecular flexibility index (Phi) is 5.17. The van der Waals surface area contributed by atoms with Gasteiger partial charge in [-0.25, -0.2) is 0 Å². The van der Waals surface area contributed by atoms with E-state index in [2.05, 4.69) is 0 Å². The average molecular weight is 474 g/mol. The van der Waals surface area contributed by atoms with Crippen LogP contribution in [0.15, 0.2) is 57.9 Å². The highest BCUT2D eigenvalue weighted by molar-refractivity contribution is 8.18. The van der Waals surface area contributed by atoms with Crippen LogP contribution in [0.4, 0.5) is 4.79 Å². The first-order valence-corrected chi connectivity index (χ1v) is 10.7. The Balaban J connectivity index is 1.36. The van der Waals surface area contributed by atoms with E-state index in [1.807, 2.05) is 12.1 Å². The number of amides is 2. The van der Waals surface area contributed by atoms with E-state index in [1.54, 1.807) is 42.5 Å². The van der Waals surface area contributed by atoms with Crippen molar-refractivity contribution in [3.63, 3.8) is 0 Å². The van der Waals surface area contributed by atoms with Crippen LogP contribution in [-0.4, -0.2) is 22.8 Å². The van der Waals surface area contributed by atoms with Crippen LogP contribution in [0, 0.1) is 0 Å². The van der Waals surface area contributed by atoms with Gasteiger partial charge in [0, 0.05) is 27.8 Å². The van der Waals surface area contributed by atoms with E-state index < -0.39 is 5.91 Å². The molecule has 0 unspecified atom stereocenters. The zero-order valence-electron chi connectivity index (χ0n) is 15.8. The van der Waals surface area contributed by atoms with E-state index >= 15 is 0 Å². The van der Waals surface area contributed by atoms with Gasteiger partial charge in [0.1, 0.15) is 11.5 Å². The van der Waals surface area contributed by atoms with Crippen LogP contribution in [0.3, 0.4) is 0 Å². The summed E-state index contributed by atoms with van der Waals surface area (Å²) in [5.41, 5.74) is 1.45. The molecule has 0 aliphatic carbocycles. The highest BCUT2D eigenvalue weighted by Crippen LogP contribution is 2.39. The lowest BCUT2D eigenvalue weighted by Gasteiger charge is -2.14. The summed E-state index contributed by atoms with van der Waals surface area (Å²) in [6, 6.07) is 14.1. The molecule has 156 valence electrons. The van der Waals surface area contributed by atoms with Gasteiger partial charge in [0.15, 0.2) is 11.5 Å². The van der Waals surface area contributed by atoms with Gasteiger partial charge in [-0.15, -0.1) is 0 Å². The molecule has 2 aliphatic rings. The van der Waals surface area contributed by atoms with Crippen molar-refractivity contribution in [2.75, 3.05) is 6.79 Å². The topological polar surface area (TPSA) is 69.0 Å². The molecule has 2 aliphatic heterocycles. The average Bonchev–Trinajstić information content (AvgIpc) is 3.45. The second kappa shape index (κ2) is 8.00. The van der Waals surface area contributed by atoms with Crippen LogP contribution < -0.4 is 9.47 Å². The zero-order valence-corrected chi connectivity index (χ0v) is 18.1. The van der Waals surface area contributed by atoms with Crippen LogP contribution in [0.1, 0.15) is 11.3 Å². The third-order valence-corrected chi connectivity index (χ3v) is 6.28. The number of fused-ring (bicyclic) bond motifs is 1. The maximum atomic E-state index is 12.8. The number of benzene rings is 2. The number of thioether (sulfide) groups is 1. The Morgan fingerprint density at radius 3 is 2.52 bits per heavy atom. The minimum absolute atomic E-state index is 0.0334. The van der Waals surface area contributed by atoms with Crippen LogP contribution in [-0.2, 0) is 11.3 Å². The van der Waals surface area contributed by atoms with Gasteiger partial charge in [-0.1, -0.05) is 23.2 Å². The van der Waals surface area contributed by atoms with Crippen molar-refractivity contribution in [1.29, 1.82) is 0 Å². The molecule has 2 aromatic carbocycles. The first kappa shape index (κ1) is 20.1. The highest BCUT2D eigenvalue weighted by Gasteiger charge is 2.36. The van der Waals surface area contributed by atoms with E-state index in [-0.39, 0.29) is 23.5 Å². The summed E-state index contributed by atoms with van der Waals surface area (Å²) < 4.78 is 16.4. The molecule has 1 aromatic heterocycles. The summed E-state index contributed by atoms with van der Waals surface area (Å²) in [5, 5.41) is 0.646. The van der Waals surface area contributed by atoms with Crippen LogP contribution in [0.25, 0.3) is 17.4 Å². The number of carbonyl (C=O) groups excluding carboxylic acids is 2. The zero-order chi connectivity index (χ0) is 21.5. The number of ether oxygens (including phenoxy) is 2. The second-order valence-corrected chi connectivity index (χ2v) is 8.61. The maximum Gasteiger partial charge on any atom is 0.293 e. The van der Waals surface area contributed by atoms with Crippen LogP contribution in [0.2, 0.25) is 10.0 Å². The number of rotatable bonds is 4. The van der Waals surface area contributed by atoms with Crippen molar-refractivity contribution in [2.24, 2.45) is 0 Å². The third kappa shape index (κ3) is 3.92. The molecule has 1 saturated heterocycles. The van der Waals surface area contributed by atoms with Crippen molar-refractivity contribution in [3.8, 4) is 22.8 Å². The molecule has 3 aromatic rings. The molecule has 0 bridgehead atoms. The molecule has 2 amide bonds. The Labute approximate surface area is 191 Å². The quantitative estimate of drug-likeness (QED) is 0.419. The number of furan rings is 1. The molecule has 3 heterocycles. The number of nitrogens with zero attached hydrogens (tertiary/aromatic N) is 1. The van der Waals surface area contributed by atoms with Crippen LogP contribution >= 0.6 is 35.0 Å². The van der Waals surface area contributed by atoms with E-state index in [0.717, 1.165) is 22.2 Å². The number of imide groups is 1.